The van der Waals surface area contributed by atoms with Gasteiger partial charge in [0.25, 0.3) is 0 Å². The molecule has 0 saturated carbocycles. The molecule has 5 rings (SSSR count). The maximum absolute atomic E-state index is 5.20. The number of nitrogens with one attached hydrogen (secondary N) is 3. The fourth-order valence-corrected chi connectivity index (χ4v) is 3.74. The lowest BCUT2D eigenvalue weighted by molar-refractivity contribution is 0.415. The Hall–Kier alpha value is -3.65. The Morgan fingerprint density at radius 3 is 2.68 bits per heavy atom. The highest BCUT2D eigenvalue weighted by Gasteiger charge is 2.10. The first-order valence-electron chi connectivity index (χ1n) is 8.65. The Labute approximate surface area is 164 Å². The zero-order valence-electron chi connectivity index (χ0n) is 14.9. The molecule has 0 aliphatic carbocycles. The molecule has 5 aromatic rings. The van der Waals surface area contributed by atoms with Crippen LogP contribution in [-0.2, 0) is 0 Å². The second-order valence-electron chi connectivity index (χ2n) is 6.18. The van der Waals surface area contributed by atoms with Crippen molar-refractivity contribution >= 4 is 55.6 Å². The monoisotopic (exact) mass is 388 g/mol. The molecule has 0 saturated heterocycles. The Kier molecular flexibility index (Phi) is 4.02. The lowest BCUT2D eigenvalue weighted by atomic mass is 10.2. The molecule has 0 unspecified atom stereocenters. The van der Waals surface area contributed by atoms with E-state index in [4.69, 9.17) is 9.72 Å². The molecule has 7 nitrogen and oxygen atoms in total. The topological polar surface area (TPSA) is 87.8 Å². The lowest BCUT2D eigenvalue weighted by Crippen LogP contribution is -2.01. The summed E-state index contributed by atoms with van der Waals surface area (Å²) in [5.41, 5.74) is 3.72. The molecule has 28 heavy (non-hydrogen) atoms. The average Bonchev–Trinajstić information content (AvgIpc) is 3.37. The molecule has 0 atom stereocenters. The van der Waals surface area contributed by atoms with Crippen LogP contribution in [0.3, 0.4) is 0 Å². The van der Waals surface area contributed by atoms with Gasteiger partial charge < -0.3 is 15.4 Å². The van der Waals surface area contributed by atoms with E-state index < -0.39 is 0 Å². The summed E-state index contributed by atoms with van der Waals surface area (Å²) in [5.74, 6) is 2.10. The van der Waals surface area contributed by atoms with Gasteiger partial charge in [-0.25, -0.2) is 4.98 Å². The number of hydrogen-bond acceptors (Lipinski definition) is 7. The van der Waals surface area contributed by atoms with Crippen molar-refractivity contribution < 1.29 is 4.74 Å². The highest BCUT2D eigenvalue weighted by molar-refractivity contribution is 7.17. The quantitative estimate of drug-likeness (QED) is 0.390. The highest BCUT2D eigenvalue weighted by Crippen LogP contribution is 2.31. The molecular formula is C20H16N6OS. The average molecular weight is 388 g/mol. The fourth-order valence-electron chi connectivity index (χ4n) is 2.96. The van der Waals surface area contributed by atoms with Gasteiger partial charge in [-0.15, -0.1) is 11.3 Å². The fraction of sp³-hybridized carbons (Fsp3) is 0.0500. The van der Waals surface area contributed by atoms with Gasteiger partial charge in [-0.2, -0.15) is 10.1 Å². The molecule has 3 N–H and O–H groups in total. The molecule has 0 aliphatic rings. The molecule has 0 radical (unpaired) electrons. The van der Waals surface area contributed by atoms with Crippen LogP contribution in [-0.4, -0.2) is 27.3 Å². The van der Waals surface area contributed by atoms with E-state index in [9.17, 15) is 0 Å². The van der Waals surface area contributed by atoms with Crippen molar-refractivity contribution in [3.63, 3.8) is 0 Å². The number of nitrogens with zero attached hydrogens (tertiary/aromatic N) is 3. The van der Waals surface area contributed by atoms with E-state index >= 15 is 0 Å². The first kappa shape index (κ1) is 16.5. The van der Waals surface area contributed by atoms with E-state index in [-0.39, 0.29) is 0 Å². The van der Waals surface area contributed by atoms with Gasteiger partial charge in [0.2, 0.25) is 5.95 Å². The van der Waals surface area contributed by atoms with Crippen LogP contribution < -0.4 is 15.4 Å². The van der Waals surface area contributed by atoms with Gasteiger partial charge >= 0.3 is 0 Å². The molecule has 0 bridgehead atoms. The normalized spacial score (nSPS) is 11.0. The molecule has 3 heterocycles. The number of hydrogen-bond donors (Lipinski definition) is 3. The predicted octanol–water partition coefficient (Wildman–Crippen LogP) is 5.06. The molecule has 3 aromatic heterocycles. The molecule has 0 amide bonds. The van der Waals surface area contributed by atoms with Gasteiger partial charge in [0.05, 0.1) is 29.0 Å². The van der Waals surface area contributed by atoms with Crippen LogP contribution in [0, 0.1) is 0 Å². The Bertz CT molecular complexity index is 1260. The number of aromatic amines is 1. The molecule has 0 aliphatic heterocycles. The standard InChI is InChI=1S/C20H16N6OS/c1-27-15-5-2-13(3-6-15)23-20-24-17-8-9-28-18(17)19(25-20)22-14-4-7-16-12(10-14)11-21-26-16/h2-11H,1H3,(H,21,26)(H2,22,23,24,25). The minimum atomic E-state index is 0.531. The van der Waals surface area contributed by atoms with Crippen LogP contribution >= 0.6 is 11.3 Å². The molecule has 8 heteroatoms. The number of ether oxygens (including phenoxy) is 1. The van der Waals surface area contributed by atoms with E-state index in [1.807, 2.05) is 53.9 Å². The van der Waals surface area contributed by atoms with Gasteiger partial charge in [0, 0.05) is 16.8 Å². The van der Waals surface area contributed by atoms with Crippen LogP contribution in [0.2, 0.25) is 0 Å². The van der Waals surface area contributed by atoms with Gasteiger partial charge in [-0.05, 0) is 53.9 Å². The number of methoxy groups -OCH3 is 1. The maximum atomic E-state index is 5.20. The second kappa shape index (κ2) is 6.82. The van der Waals surface area contributed by atoms with Crippen molar-refractivity contribution in [3.05, 3.63) is 60.1 Å². The third-order valence-electron chi connectivity index (χ3n) is 4.35. The van der Waals surface area contributed by atoms with Crippen LogP contribution in [0.5, 0.6) is 5.75 Å². The van der Waals surface area contributed by atoms with Gasteiger partial charge in [0.15, 0.2) is 5.82 Å². The molecule has 138 valence electrons. The molecule has 2 aromatic carbocycles. The number of aromatic nitrogens is 4. The van der Waals surface area contributed by atoms with E-state index in [0.717, 1.165) is 44.1 Å². The smallest absolute Gasteiger partial charge is 0.229 e. The SMILES string of the molecule is COc1ccc(Nc2nc(Nc3ccc4[nH]ncc4c3)c3sccc3n2)cc1. The lowest BCUT2D eigenvalue weighted by Gasteiger charge is -2.10. The third-order valence-corrected chi connectivity index (χ3v) is 5.26. The second-order valence-corrected chi connectivity index (χ2v) is 7.10. The van der Waals surface area contributed by atoms with Crippen molar-refractivity contribution in [1.82, 2.24) is 20.2 Å². The summed E-state index contributed by atoms with van der Waals surface area (Å²) in [6.45, 7) is 0. The minimum Gasteiger partial charge on any atom is -0.497 e. The first-order valence-corrected chi connectivity index (χ1v) is 9.53. The van der Waals surface area contributed by atoms with Crippen LogP contribution in [0.1, 0.15) is 0 Å². The zero-order chi connectivity index (χ0) is 18.9. The number of fused-ring (bicyclic) bond motifs is 2. The van der Waals surface area contributed by atoms with Gasteiger partial charge in [-0.1, -0.05) is 0 Å². The predicted molar refractivity (Wildman–Crippen MR) is 113 cm³/mol. The van der Waals surface area contributed by atoms with Crippen molar-refractivity contribution in [3.8, 4) is 5.75 Å². The summed E-state index contributed by atoms with van der Waals surface area (Å²) >= 11 is 1.61. The van der Waals surface area contributed by atoms with E-state index in [1.54, 1.807) is 24.6 Å². The van der Waals surface area contributed by atoms with Crippen molar-refractivity contribution in [2.75, 3.05) is 17.7 Å². The molecular weight excluding hydrogens is 372 g/mol. The Balaban J connectivity index is 1.49. The van der Waals surface area contributed by atoms with Gasteiger partial charge in [0.1, 0.15) is 5.75 Å². The summed E-state index contributed by atoms with van der Waals surface area (Å²) in [6, 6.07) is 15.7. The van der Waals surface area contributed by atoms with E-state index in [2.05, 4.69) is 25.8 Å². The summed E-state index contributed by atoms with van der Waals surface area (Å²) in [7, 11) is 1.65. The number of H-pyrrole nitrogens is 1. The summed E-state index contributed by atoms with van der Waals surface area (Å²) in [4.78, 5) is 9.32. The Morgan fingerprint density at radius 1 is 0.964 bits per heavy atom. The van der Waals surface area contributed by atoms with Crippen LogP contribution in [0.15, 0.2) is 60.1 Å². The van der Waals surface area contributed by atoms with Crippen molar-refractivity contribution in [1.29, 1.82) is 0 Å². The van der Waals surface area contributed by atoms with E-state index in [1.165, 1.54) is 0 Å². The van der Waals surface area contributed by atoms with Gasteiger partial charge in [-0.3, -0.25) is 5.10 Å². The number of rotatable bonds is 5. The highest BCUT2D eigenvalue weighted by atomic mass is 32.1. The van der Waals surface area contributed by atoms with Crippen LogP contribution in [0.4, 0.5) is 23.1 Å². The third kappa shape index (κ3) is 3.10. The summed E-state index contributed by atoms with van der Waals surface area (Å²) < 4.78 is 6.21. The number of thiophene rings is 1. The molecule has 0 fully saturated rings. The largest absolute Gasteiger partial charge is 0.497 e. The summed E-state index contributed by atoms with van der Waals surface area (Å²) in [5, 5.41) is 16.8. The number of benzene rings is 2. The first-order chi connectivity index (χ1) is 13.8. The minimum absolute atomic E-state index is 0.531. The van der Waals surface area contributed by atoms with E-state index in [0.29, 0.717) is 5.95 Å². The maximum Gasteiger partial charge on any atom is 0.229 e. The summed E-state index contributed by atoms with van der Waals surface area (Å²) in [6.07, 6.45) is 1.80. The number of anilines is 4. The Morgan fingerprint density at radius 2 is 1.82 bits per heavy atom. The van der Waals surface area contributed by atoms with Crippen LogP contribution in [0.25, 0.3) is 21.1 Å². The zero-order valence-corrected chi connectivity index (χ0v) is 15.7. The molecule has 0 spiro atoms. The van der Waals surface area contributed by atoms with Crippen molar-refractivity contribution in [2.24, 2.45) is 0 Å². The van der Waals surface area contributed by atoms with Crippen molar-refractivity contribution in [2.45, 2.75) is 0 Å².